The normalized spacial score (nSPS) is 36.0. The first-order valence-corrected chi connectivity index (χ1v) is 1.96. The molecule has 0 aromatic carbocycles. The van der Waals surface area contributed by atoms with E-state index < -0.39 is 12.3 Å². The first-order chi connectivity index (χ1) is 2.80. The summed E-state index contributed by atoms with van der Waals surface area (Å²) in [6, 6.07) is 0. The van der Waals surface area contributed by atoms with E-state index >= 15 is 0 Å². The van der Waals surface area contributed by atoms with Crippen molar-refractivity contribution in [3.05, 3.63) is 6.17 Å². The lowest BCUT2D eigenvalue weighted by atomic mass is 9.96. The quantitative estimate of drug-likeness (QED) is 0.425. The fraction of sp³-hybridized carbons (Fsp3) is 0.750. The van der Waals surface area contributed by atoms with Crippen molar-refractivity contribution in [3.63, 3.8) is 0 Å². The molecule has 1 aliphatic rings. The molecule has 6 heavy (non-hydrogen) atoms. The Bertz CT molecular complexity index is 45.5. The highest BCUT2D eigenvalue weighted by Crippen LogP contribution is 2.32. The molecule has 0 bridgehead atoms. The van der Waals surface area contributed by atoms with Crippen LogP contribution < -0.4 is 0 Å². The zero-order valence-corrected chi connectivity index (χ0v) is 3.25. The van der Waals surface area contributed by atoms with Crippen LogP contribution in [-0.2, 0) is 0 Å². The van der Waals surface area contributed by atoms with E-state index in [-0.39, 0.29) is 0 Å². The molecule has 0 heterocycles. The Labute approximate surface area is 35.2 Å². The van der Waals surface area contributed by atoms with Gasteiger partial charge in [-0.15, -0.1) is 0 Å². The molecule has 0 aromatic rings. The molecule has 0 N–H and O–H groups in total. The number of hydrogen-bond donors (Lipinski definition) is 0. The average molecular weight is 91.1 g/mol. The molecule has 0 saturated heterocycles. The van der Waals surface area contributed by atoms with Gasteiger partial charge in [0.1, 0.15) is 6.17 Å². The zero-order chi connectivity index (χ0) is 4.57. The summed E-state index contributed by atoms with van der Waals surface area (Å²) in [7, 11) is 0. The minimum atomic E-state index is -1.22. The van der Waals surface area contributed by atoms with Gasteiger partial charge in [-0.05, 0) is 12.8 Å². The van der Waals surface area contributed by atoms with Gasteiger partial charge in [-0.25, -0.2) is 8.78 Å². The standard InChI is InChI=1S/C4H5F2/c5-3-1-2-4(3)6/h3H,1-2H2. The lowest BCUT2D eigenvalue weighted by Crippen LogP contribution is -2.20. The van der Waals surface area contributed by atoms with Crippen LogP contribution in [0.25, 0.3) is 0 Å². The first-order valence-electron chi connectivity index (χ1n) is 1.96. The van der Waals surface area contributed by atoms with E-state index in [2.05, 4.69) is 0 Å². The Morgan fingerprint density at radius 3 is 2.17 bits per heavy atom. The largest absolute Gasteiger partial charge is 0.244 e. The van der Waals surface area contributed by atoms with Crippen molar-refractivity contribution in [2.24, 2.45) is 0 Å². The van der Waals surface area contributed by atoms with E-state index in [1.807, 2.05) is 0 Å². The van der Waals surface area contributed by atoms with E-state index in [1.54, 1.807) is 0 Å². The van der Waals surface area contributed by atoms with Crippen LogP contribution in [0.4, 0.5) is 8.78 Å². The molecule has 0 spiro atoms. The van der Waals surface area contributed by atoms with Crippen LogP contribution in [0.1, 0.15) is 12.8 Å². The summed E-state index contributed by atoms with van der Waals surface area (Å²) in [4.78, 5) is 0. The van der Waals surface area contributed by atoms with Crippen molar-refractivity contribution in [1.82, 2.24) is 0 Å². The van der Waals surface area contributed by atoms with Crippen molar-refractivity contribution in [2.75, 3.05) is 0 Å². The maximum Gasteiger partial charge on any atom is 0.178 e. The van der Waals surface area contributed by atoms with Crippen molar-refractivity contribution < 1.29 is 8.78 Å². The second-order valence-corrected chi connectivity index (χ2v) is 1.45. The summed E-state index contributed by atoms with van der Waals surface area (Å²) in [6.45, 7) is 0. The topological polar surface area (TPSA) is 0 Å². The Hall–Kier alpha value is -0.140. The van der Waals surface area contributed by atoms with Gasteiger partial charge >= 0.3 is 0 Å². The minimum Gasteiger partial charge on any atom is -0.244 e. The Morgan fingerprint density at radius 1 is 1.67 bits per heavy atom. The summed E-state index contributed by atoms with van der Waals surface area (Å²) in [6.07, 6.45) is -0.951. The average Bonchev–Trinajstić information content (AvgIpc) is 1.61. The SMILES string of the molecule is F[C]1CCC1F. The molecule has 1 saturated carbocycles. The van der Waals surface area contributed by atoms with Gasteiger partial charge < -0.3 is 0 Å². The molecular weight excluding hydrogens is 86.0 g/mol. The van der Waals surface area contributed by atoms with Crippen LogP contribution in [-0.4, -0.2) is 6.17 Å². The van der Waals surface area contributed by atoms with Crippen LogP contribution in [0, 0.1) is 6.17 Å². The second-order valence-electron chi connectivity index (χ2n) is 1.45. The Kier molecular flexibility index (Phi) is 0.787. The van der Waals surface area contributed by atoms with Crippen molar-refractivity contribution in [3.8, 4) is 0 Å². The lowest BCUT2D eigenvalue weighted by Gasteiger charge is -2.20. The number of alkyl halides is 1. The van der Waals surface area contributed by atoms with Crippen molar-refractivity contribution >= 4 is 0 Å². The van der Waals surface area contributed by atoms with E-state index in [0.29, 0.717) is 12.8 Å². The second kappa shape index (κ2) is 1.17. The third-order valence-corrected chi connectivity index (χ3v) is 0.976. The molecule has 0 nitrogen and oxygen atoms in total. The maximum absolute atomic E-state index is 11.5. The molecule has 1 rings (SSSR count). The maximum atomic E-state index is 11.5. The highest BCUT2D eigenvalue weighted by molar-refractivity contribution is 4.96. The van der Waals surface area contributed by atoms with Gasteiger partial charge in [-0.2, -0.15) is 0 Å². The fourth-order valence-corrected chi connectivity index (χ4v) is 0.363. The van der Waals surface area contributed by atoms with E-state index in [0.717, 1.165) is 0 Å². The molecule has 1 unspecified atom stereocenters. The van der Waals surface area contributed by atoms with Crippen molar-refractivity contribution in [1.29, 1.82) is 0 Å². The monoisotopic (exact) mass is 91.0 g/mol. The molecule has 1 radical (unpaired) electrons. The number of rotatable bonds is 0. The molecule has 1 aliphatic carbocycles. The molecule has 1 fully saturated rings. The Balaban J connectivity index is 2.20. The van der Waals surface area contributed by atoms with E-state index in [1.165, 1.54) is 0 Å². The lowest BCUT2D eigenvalue weighted by molar-refractivity contribution is 0.161. The van der Waals surface area contributed by atoms with Gasteiger partial charge in [0.2, 0.25) is 0 Å². The Morgan fingerprint density at radius 2 is 2.17 bits per heavy atom. The summed E-state index contributed by atoms with van der Waals surface area (Å²) in [5.74, 6) is 0. The third-order valence-electron chi connectivity index (χ3n) is 0.976. The molecule has 0 amide bonds. The molecule has 0 aliphatic heterocycles. The van der Waals surface area contributed by atoms with Crippen LogP contribution in [0.2, 0.25) is 0 Å². The van der Waals surface area contributed by atoms with Crippen molar-refractivity contribution in [2.45, 2.75) is 19.0 Å². The van der Waals surface area contributed by atoms with Gasteiger partial charge in [0.15, 0.2) is 6.17 Å². The van der Waals surface area contributed by atoms with Gasteiger partial charge in [0.25, 0.3) is 0 Å². The summed E-state index contributed by atoms with van der Waals surface area (Å²) in [5, 5.41) is 0. The zero-order valence-electron chi connectivity index (χ0n) is 3.25. The van der Waals surface area contributed by atoms with E-state index in [4.69, 9.17) is 0 Å². The van der Waals surface area contributed by atoms with Crippen LogP contribution in [0.15, 0.2) is 0 Å². The molecule has 0 aromatic heterocycles. The van der Waals surface area contributed by atoms with Crippen LogP contribution in [0.3, 0.4) is 0 Å². The van der Waals surface area contributed by atoms with Crippen LogP contribution >= 0.6 is 0 Å². The molecule has 35 valence electrons. The predicted octanol–water partition coefficient (Wildman–Crippen LogP) is 1.62. The fourth-order valence-electron chi connectivity index (χ4n) is 0.363. The smallest absolute Gasteiger partial charge is 0.178 e. The number of halogens is 2. The molecule has 2 heteroatoms. The van der Waals surface area contributed by atoms with Gasteiger partial charge in [-0.1, -0.05) is 0 Å². The predicted molar refractivity (Wildman–Crippen MR) is 18.5 cm³/mol. The summed E-state index contributed by atoms with van der Waals surface area (Å²) in [5.41, 5.74) is 0. The van der Waals surface area contributed by atoms with Gasteiger partial charge in [-0.3, -0.25) is 0 Å². The summed E-state index contributed by atoms with van der Waals surface area (Å²) >= 11 is 0. The van der Waals surface area contributed by atoms with E-state index in [9.17, 15) is 8.78 Å². The summed E-state index contributed by atoms with van der Waals surface area (Å²) < 4.78 is 23.0. The molecular formula is C4H5F2. The first kappa shape index (κ1) is 4.03. The third kappa shape index (κ3) is 0.402. The van der Waals surface area contributed by atoms with Gasteiger partial charge in [0, 0.05) is 0 Å². The van der Waals surface area contributed by atoms with Crippen LogP contribution in [0.5, 0.6) is 0 Å². The molecule has 1 atom stereocenters. The highest BCUT2D eigenvalue weighted by atomic mass is 19.2. The van der Waals surface area contributed by atoms with Gasteiger partial charge in [0.05, 0.1) is 0 Å². The minimum absolute atomic E-state index is 0.348. The number of hydrogen-bond acceptors (Lipinski definition) is 0. The highest BCUT2D eigenvalue weighted by Gasteiger charge is 2.31.